The molecule has 42 heavy (non-hydrogen) atoms. The molecule has 0 aliphatic carbocycles. The van der Waals surface area contributed by atoms with E-state index in [9.17, 15) is 35.5 Å². The van der Waals surface area contributed by atoms with Gasteiger partial charge in [0.1, 0.15) is 11.9 Å². The Morgan fingerprint density at radius 1 is 1.10 bits per heavy atom. The third-order valence-corrected chi connectivity index (χ3v) is 7.84. The summed E-state index contributed by atoms with van der Waals surface area (Å²) in [6.07, 6.45) is -8.73. The van der Waals surface area contributed by atoms with Gasteiger partial charge in [-0.2, -0.15) is 31.4 Å². The van der Waals surface area contributed by atoms with Crippen LogP contribution in [0.5, 0.6) is 0 Å². The van der Waals surface area contributed by atoms with Crippen molar-refractivity contribution >= 4 is 5.91 Å². The van der Waals surface area contributed by atoms with E-state index in [0.717, 1.165) is 5.56 Å². The summed E-state index contributed by atoms with van der Waals surface area (Å²) in [6.45, 7) is 5.97. The molecule has 1 amide bonds. The summed E-state index contributed by atoms with van der Waals surface area (Å²) < 4.78 is 101. The Morgan fingerprint density at radius 3 is 2.26 bits per heavy atom. The third-order valence-electron chi connectivity index (χ3n) is 7.84. The summed E-state index contributed by atoms with van der Waals surface area (Å²) in [5, 5.41) is 6.63. The molecule has 0 bridgehead atoms. The number of H-pyrrole nitrogens is 1. The highest BCUT2D eigenvalue weighted by atomic mass is 19.4. The SMILES string of the molecule is C=C1C(N(C)Cc2cn[nH]c2)C(=O)N2C[C@H](O[C@H](C)c3cc(C(F)(F)F)cc(C(F)(F)F)c3)C(c3ccc(F)cc3)[C@H]12. The lowest BCUT2D eigenvalue weighted by Crippen LogP contribution is -2.41. The van der Waals surface area contributed by atoms with Crippen LogP contribution in [0.2, 0.25) is 0 Å². The van der Waals surface area contributed by atoms with Gasteiger partial charge in [0.25, 0.3) is 0 Å². The monoisotopic (exact) mass is 596 g/mol. The van der Waals surface area contributed by atoms with Gasteiger partial charge in [0, 0.05) is 30.8 Å². The smallest absolute Gasteiger partial charge is 0.368 e. The number of nitrogens with one attached hydrogen (secondary N) is 1. The van der Waals surface area contributed by atoms with Gasteiger partial charge >= 0.3 is 12.4 Å². The standard InChI is InChI=1S/C29H27F7N4O2/c1-15-25-24(18-4-6-22(30)7-5-18)23(14-40(25)27(41)26(15)39(3)13-17-11-37-38-12-17)42-16(2)19-8-20(28(31,32)33)10-21(9-19)29(34,35)36/h4-12,16,23-26H,1,13-14H2,2-3H3,(H,37,38)/t16-,23+,24?,25+,26?/m1/s1. The number of likely N-dealkylation sites (N-methyl/N-ethyl adjacent to an activating group) is 1. The lowest BCUT2D eigenvalue weighted by atomic mass is 9.85. The molecule has 0 radical (unpaired) electrons. The predicted molar refractivity (Wildman–Crippen MR) is 137 cm³/mol. The molecular formula is C29H27F7N4O2. The molecule has 2 saturated heterocycles. The average molecular weight is 597 g/mol. The van der Waals surface area contributed by atoms with Crippen LogP contribution < -0.4 is 0 Å². The van der Waals surface area contributed by atoms with Crippen LogP contribution in [0, 0.1) is 5.82 Å². The average Bonchev–Trinajstić information content (AvgIpc) is 3.61. The second-order valence-electron chi connectivity index (χ2n) is 10.7. The maximum absolute atomic E-state index is 13.8. The number of hydrogen-bond acceptors (Lipinski definition) is 4. The lowest BCUT2D eigenvalue weighted by molar-refractivity contribution is -0.143. The summed E-state index contributed by atoms with van der Waals surface area (Å²) in [5.41, 5.74) is -1.22. The second-order valence-corrected chi connectivity index (χ2v) is 10.7. The minimum atomic E-state index is -5.01. The number of carbonyl (C=O) groups excluding carboxylic acids is 1. The number of aromatic amines is 1. The van der Waals surface area contributed by atoms with Crippen molar-refractivity contribution in [3.63, 3.8) is 0 Å². The summed E-state index contributed by atoms with van der Waals surface area (Å²) in [5.74, 6) is -1.37. The Bertz CT molecular complexity index is 1420. The molecule has 2 fully saturated rings. The van der Waals surface area contributed by atoms with E-state index in [1.54, 1.807) is 24.3 Å². The van der Waals surface area contributed by atoms with Gasteiger partial charge in [0.15, 0.2) is 0 Å². The molecule has 0 spiro atoms. The molecular weight excluding hydrogens is 569 g/mol. The zero-order valence-electron chi connectivity index (χ0n) is 22.5. The fraction of sp³-hybridized carbons (Fsp3) is 0.379. The molecule has 1 aromatic heterocycles. The normalized spacial score (nSPS) is 23.6. The maximum Gasteiger partial charge on any atom is 0.416 e. The maximum atomic E-state index is 13.8. The lowest BCUT2D eigenvalue weighted by Gasteiger charge is -2.29. The Hall–Kier alpha value is -3.71. The first-order valence-corrected chi connectivity index (χ1v) is 13.0. The Labute approximate surface area is 236 Å². The molecule has 2 aliphatic rings. The molecule has 2 aliphatic heterocycles. The van der Waals surface area contributed by atoms with E-state index in [1.165, 1.54) is 31.2 Å². The molecule has 0 saturated carbocycles. The topological polar surface area (TPSA) is 61.5 Å². The van der Waals surface area contributed by atoms with Crippen LogP contribution in [0.25, 0.3) is 0 Å². The predicted octanol–water partition coefficient (Wildman–Crippen LogP) is 6.10. The van der Waals surface area contributed by atoms with Crippen molar-refractivity contribution in [2.24, 2.45) is 0 Å². The summed E-state index contributed by atoms with van der Waals surface area (Å²) in [4.78, 5) is 17.0. The van der Waals surface area contributed by atoms with E-state index < -0.39 is 59.5 Å². The number of benzene rings is 2. The van der Waals surface area contributed by atoms with Gasteiger partial charge in [-0.05, 0) is 61.0 Å². The van der Waals surface area contributed by atoms with Crippen molar-refractivity contribution in [1.29, 1.82) is 0 Å². The number of nitrogens with zero attached hydrogens (tertiary/aromatic N) is 3. The Kier molecular flexibility index (Phi) is 7.69. The number of carbonyl (C=O) groups is 1. The fourth-order valence-electron chi connectivity index (χ4n) is 5.93. The van der Waals surface area contributed by atoms with Crippen LogP contribution in [-0.2, 0) is 28.4 Å². The highest BCUT2D eigenvalue weighted by molar-refractivity contribution is 5.90. The molecule has 6 nitrogen and oxygen atoms in total. The largest absolute Gasteiger partial charge is 0.416 e. The Balaban J connectivity index is 1.46. The minimum absolute atomic E-state index is 0.00996. The van der Waals surface area contributed by atoms with E-state index in [-0.39, 0.29) is 24.1 Å². The van der Waals surface area contributed by atoms with Crippen molar-refractivity contribution in [3.8, 4) is 0 Å². The van der Waals surface area contributed by atoms with Crippen LogP contribution in [0.15, 0.2) is 67.0 Å². The summed E-state index contributed by atoms with van der Waals surface area (Å²) >= 11 is 0. The molecule has 5 atom stereocenters. The highest BCUT2D eigenvalue weighted by Gasteiger charge is 2.55. The van der Waals surface area contributed by atoms with E-state index >= 15 is 0 Å². The highest BCUT2D eigenvalue weighted by Crippen LogP contribution is 2.47. The molecule has 2 aromatic carbocycles. The van der Waals surface area contributed by atoms with Gasteiger partial charge in [-0.15, -0.1) is 0 Å². The van der Waals surface area contributed by atoms with E-state index in [2.05, 4.69) is 16.8 Å². The zero-order valence-corrected chi connectivity index (χ0v) is 22.5. The molecule has 13 heteroatoms. The van der Waals surface area contributed by atoms with Gasteiger partial charge in [0.2, 0.25) is 5.91 Å². The number of hydrogen-bond donors (Lipinski definition) is 1. The number of halogens is 7. The van der Waals surface area contributed by atoms with Crippen molar-refractivity contribution in [1.82, 2.24) is 20.0 Å². The van der Waals surface area contributed by atoms with E-state index in [0.29, 0.717) is 29.8 Å². The molecule has 3 heterocycles. The quantitative estimate of drug-likeness (QED) is 0.265. The van der Waals surface area contributed by atoms with Crippen LogP contribution in [0.4, 0.5) is 30.7 Å². The first-order chi connectivity index (χ1) is 19.6. The molecule has 5 rings (SSSR count). The molecule has 3 aromatic rings. The van der Waals surface area contributed by atoms with Crippen LogP contribution in [0.1, 0.15) is 46.8 Å². The first kappa shape index (κ1) is 29.8. The second kappa shape index (κ2) is 10.8. The number of alkyl halides is 6. The van der Waals surface area contributed by atoms with Crippen molar-refractivity contribution in [2.45, 2.75) is 56.0 Å². The number of ether oxygens (including phenoxy) is 1. The van der Waals surface area contributed by atoms with Crippen molar-refractivity contribution in [3.05, 3.63) is 101 Å². The third kappa shape index (κ3) is 5.67. The summed E-state index contributed by atoms with van der Waals surface area (Å²) in [7, 11) is 1.76. The van der Waals surface area contributed by atoms with Crippen LogP contribution >= 0.6 is 0 Å². The number of aromatic nitrogens is 2. The van der Waals surface area contributed by atoms with Crippen LogP contribution in [0.3, 0.4) is 0 Å². The van der Waals surface area contributed by atoms with Gasteiger partial charge in [-0.25, -0.2) is 4.39 Å². The van der Waals surface area contributed by atoms with E-state index in [4.69, 9.17) is 4.74 Å². The minimum Gasteiger partial charge on any atom is -0.368 e. The number of fused-ring (bicyclic) bond motifs is 1. The van der Waals surface area contributed by atoms with E-state index in [1.807, 2.05) is 4.90 Å². The van der Waals surface area contributed by atoms with Crippen molar-refractivity contribution < 1.29 is 40.3 Å². The Morgan fingerprint density at radius 2 is 1.71 bits per heavy atom. The first-order valence-electron chi connectivity index (χ1n) is 13.0. The number of rotatable bonds is 7. The summed E-state index contributed by atoms with van der Waals surface area (Å²) in [6, 6.07) is 5.57. The molecule has 1 N–H and O–H groups in total. The van der Waals surface area contributed by atoms with Gasteiger partial charge < -0.3 is 9.64 Å². The zero-order chi connectivity index (χ0) is 30.6. The van der Waals surface area contributed by atoms with Crippen molar-refractivity contribution in [2.75, 3.05) is 13.6 Å². The fourth-order valence-corrected chi connectivity index (χ4v) is 5.93. The molecule has 224 valence electrons. The van der Waals surface area contributed by atoms with Gasteiger partial charge in [-0.3, -0.25) is 14.8 Å². The molecule has 2 unspecified atom stereocenters. The van der Waals surface area contributed by atoms with Crippen LogP contribution in [-0.4, -0.2) is 57.7 Å². The van der Waals surface area contributed by atoms with Gasteiger partial charge in [-0.1, -0.05) is 18.7 Å². The van der Waals surface area contributed by atoms with Gasteiger partial charge in [0.05, 0.1) is 35.6 Å². The number of amides is 1.